The zero-order valence-electron chi connectivity index (χ0n) is 20.0. The molecule has 0 aliphatic heterocycles. The quantitative estimate of drug-likeness (QED) is 0.0920. The summed E-state index contributed by atoms with van der Waals surface area (Å²) in [6.45, 7) is 4.26. The van der Waals surface area contributed by atoms with Crippen LogP contribution < -0.4 is 34.7 Å². The van der Waals surface area contributed by atoms with Gasteiger partial charge < -0.3 is 14.6 Å². The number of unbranched alkanes of at least 4 members (excludes halogenated alkanes) is 10. The molecule has 0 aromatic carbocycles. The maximum absolute atomic E-state index is 12.5. The molecule has 0 spiro atoms. The van der Waals surface area contributed by atoms with Gasteiger partial charge in [0.05, 0.1) is 5.92 Å². The Bertz CT molecular complexity index is 620. The van der Waals surface area contributed by atoms with Crippen molar-refractivity contribution in [2.24, 2.45) is 5.92 Å². The van der Waals surface area contributed by atoms with Crippen molar-refractivity contribution in [2.45, 2.75) is 115 Å². The van der Waals surface area contributed by atoms with Crippen molar-refractivity contribution >= 4 is 28.0 Å². The van der Waals surface area contributed by atoms with Gasteiger partial charge in [-0.2, -0.15) is 8.42 Å². The van der Waals surface area contributed by atoms with Crippen molar-refractivity contribution in [3.8, 4) is 0 Å². The van der Waals surface area contributed by atoms with Gasteiger partial charge in [0.25, 0.3) is 10.1 Å². The molecule has 0 heterocycles. The number of esters is 2. The third-order valence-corrected chi connectivity index (χ3v) is 6.40. The second kappa shape index (κ2) is 19.9. The van der Waals surface area contributed by atoms with E-state index in [1.165, 1.54) is 0 Å². The number of carboxylic acids is 1. The minimum absolute atomic E-state index is 0. The molecular weight excluding hydrogens is 447 g/mol. The van der Waals surface area contributed by atoms with Crippen LogP contribution in [-0.2, 0) is 29.2 Å². The van der Waals surface area contributed by atoms with Gasteiger partial charge in [0.2, 0.25) is 0 Å². The van der Waals surface area contributed by atoms with Crippen LogP contribution in [-0.4, -0.2) is 36.1 Å². The van der Waals surface area contributed by atoms with Gasteiger partial charge in [-0.15, -0.1) is 0 Å². The molecule has 32 heavy (non-hydrogen) atoms. The van der Waals surface area contributed by atoms with E-state index >= 15 is 0 Å². The van der Waals surface area contributed by atoms with E-state index in [2.05, 4.69) is 18.6 Å². The van der Waals surface area contributed by atoms with Gasteiger partial charge in [-0.3, -0.25) is 14.1 Å². The van der Waals surface area contributed by atoms with Crippen molar-refractivity contribution in [3.63, 3.8) is 0 Å². The summed E-state index contributed by atoms with van der Waals surface area (Å²) in [7, 11) is -5.04. The Morgan fingerprint density at radius 2 is 1.19 bits per heavy atom. The fraction of sp³-hybridized carbons (Fsp3) is 0.864. The Labute approximate surface area is 215 Å². The fourth-order valence-corrected chi connectivity index (χ4v) is 4.07. The normalized spacial score (nSPS) is 12.2. The molecule has 182 valence electrons. The van der Waals surface area contributed by atoms with Gasteiger partial charge in [0.15, 0.2) is 5.25 Å². The van der Waals surface area contributed by atoms with E-state index in [-0.39, 0.29) is 29.6 Å². The summed E-state index contributed by atoms with van der Waals surface area (Å²) in [5, 5.41) is 8.33. The molecule has 0 amide bonds. The van der Waals surface area contributed by atoms with Crippen LogP contribution >= 0.6 is 0 Å². The third-order valence-electron chi connectivity index (χ3n) is 5.32. The number of carbonyl (C=O) groups excluding carboxylic acids is 3. The molecule has 0 aliphatic carbocycles. The zero-order chi connectivity index (χ0) is 23.7. The molecule has 0 radical (unpaired) electrons. The molecule has 1 N–H and O–H groups in total. The van der Waals surface area contributed by atoms with Gasteiger partial charge in [-0.1, -0.05) is 90.9 Å². The Balaban J connectivity index is 0. The maximum atomic E-state index is 12.5. The van der Waals surface area contributed by atoms with Crippen molar-refractivity contribution in [3.05, 3.63) is 0 Å². The number of hydrogen-bond donors (Lipinski definition) is 1. The molecule has 0 saturated carbocycles. The number of carboxylic acid groups (broad SMARTS) is 1. The van der Waals surface area contributed by atoms with E-state index in [9.17, 15) is 27.9 Å². The molecule has 10 heteroatoms. The van der Waals surface area contributed by atoms with Crippen LogP contribution in [0.15, 0.2) is 0 Å². The van der Waals surface area contributed by atoms with Gasteiger partial charge in [0.1, 0.15) is 0 Å². The fourth-order valence-electron chi connectivity index (χ4n) is 3.43. The number of aliphatic carboxylic acids is 1. The molecule has 1 atom stereocenters. The molecular formula is C22H39NaO8S. The second-order valence-corrected chi connectivity index (χ2v) is 9.73. The first kappa shape index (κ1) is 33.7. The average Bonchev–Trinajstić information content (AvgIpc) is 2.68. The molecule has 0 rings (SSSR count). The summed E-state index contributed by atoms with van der Waals surface area (Å²) in [5.74, 6) is -4.85. The summed E-state index contributed by atoms with van der Waals surface area (Å²) in [4.78, 5) is 35.3. The van der Waals surface area contributed by atoms with E-state index in [1.807, 2.05) is 0 Å². The van der Waals surface area contributed by atoms with E-state index in [0.29, 0.717) is 12.8 Å². The number of hydrogen-bond acceptors (Lipinski definition) is 7. The number of ether oxygens (including phenoxy) is 1. The zero-order valence-corrected chi connectivity index (χ0v) is 22.8. The second-order valence-electron chi connectivity index (χ2n) is 8.13. The minimum atomic E-state index is -5.04. The van der Waals surface area contributed by atoms with Crippen LogP contribution in [0.4, 0.5) is 0 Å². The van der Waals surface area contributed by atoms with Gasteiger partial charge in [0, 0.05) is 12.4 Å². The van der Waals surface area contributed by atoms with Crippen molar-refractivity contribution in [1.29, 1.82) is 0 Å². The smallest absolute Gasteiger partial charge is 0.550 e. The number of carbonyl (C=O) groups is 3. The predicted octanol–water partition coefficient (Wildman–Crippen LogP) is 0.574. The molecule has 0 bridgehead atoms. The summed E-state index contributed by atoms with van der Waals surface area (Å²) in [6.07, 6.45) is 12.2. The van der Waals surface area contributed by atoms with Gasteiger partial charge >= 0.3 is 41.5 Å². The topological polar surface area (TPSA) is 138 Å². The maximum Gasteiger partial charge on any atom is 1.00 e. The minimum Gasteiger partial charge on any atom is -0.550 e. The Kier molecular flexibility index (Phi) is 21.0. The van der Waals surface area contributed by atoms with Crippen molar-refractivity contribution in [2.75, 3.05) is 0 Å². The van der Waals surface area contributed by atoms with Crippen LogP contribution in [0.25, 0.3) is 0 Å². The predicted molar refractivity (Wildman–Crippen MR) is 116 cm³/mol. The SMILES string of the molecule is CCCCCCCCC(CCCCCCCC)C(=O)OC(=O)C(CC(=O)[O-])S(=O)(=O)O.[Na+]. The molecule has 0 saturated heterocycles. The summed E-state index contributed by atoms with van der Waals surface area (Å²) < 4.78 is 36.4. The van der Waals surface area contributed by atoms with E-state index in [4.69, 9.17) is 4.55 Å². The summed E-state index contributed by atoms with van der Waals surface area (Å²) >= 11 is 0. The van der Waals surface area contributed by atoms with Crippen molar-refractivity contribution in [1.82, 2.24) is 0 Å². The van der Waals surface area contributed by atoms with E-state index in [1.54, 1.807) is 0 Å². The standard InChI is InChI=1S/C22H40O8S.Na/c1-3-5-7-9-11-13-15-18(16-14-12-10-8-6-4-2)21(25)30-22(26)19(17-20(23)24)31(27,28)29;/h18-19H,3-17H2,1-2H3,(H,23,24)(H,27,28,29);/q;+1/p-1. The van der Waals surface area contributed by atoms with Crippen molar-refractivity contribution < 1.29 is 66.8 Å². The number of rotatable bonds is 19. The molecule has 0 aromatic rings. The van der Waals surface area contributed by atoms with E-state index in [0.717, 1.165) is 77.0 Å². The summed E-state index contributed by atoms with van der Waals surface area (Å²) in [5.41, 5.74) is 0. The monoisotopic (exact) mass is 486 g/mol. The Morgan fingerprint density at radius 3 is 1.56 bits per heavy atom. The molecule has 1 unspecified atom stereocenters. The Morgan fingerprint density at radius 1 is 0.781 bits per heavy atom. The van der Waals surface area contributed by atoms with Crippen LogP contribution in [0, 0.1) is 5.92 Å². The summed E-state index contributed by atoms with van der Waals surface area (Å²) in [6, 6.07) is 0. The largest absolute Gasteiger partial charge is 1.00 e. The molecule has 0 fully saturated rings. The average molecular weight is 487 g/mol. The van der Waals surface area contributed by atoms with Gasteiger partial charge in [-0.25, -0.2) is 0 Å². The molecule has 8 nitrogen and oxygen atoms in total. The first-order valence-corrected chi connectivity index (χ1v) is 13.0. The van der Waals surface area contributed by atoms with E-state index < -0.39 is 45.6 Å². The van der Waals surface area contributed by atoms with Gasteiger partial charge in [-0.05, 0) is 12.8 Å². The first-order valence-electron chi connectivity index (χ1n) is 11.5. The van der Waals surface area contributed by atoms with Crippen LogP contribution in [0.1, 0.15) is 110 Å². The molecule has 0 aromatic heterocycles. The first-order chi connectivity index (χ1) is 14.6. The molecule has 0 aliphatic rings. The van der Waals surface area contributed by atoms with Crippen LogP contribution in [0.3, 0.4) is 0 Å². The van der Waals surface area contributed by atoms with Crippen LogP contribution in [0.5, 0.6) is 0 Å². The van der Waals surface area contributed by atoms with Crippen LogP contribution in [0.2, 0.25) is 0 Å². The Hall–Kier alpha value is -0.480. The third kappa shape index (κ3) is 17.1.